The molecule has 1 saturated carbocycles. The maximum Gasteiger partial charge on any atom is 0.315 e. The van der Waals surface area contributed by atoms with Gasteiger partial charge in [-0.25, -0.2) is 13.2 Å². The number of hydrogen-bond acceptors (Lipinski definition) is 5. The molecule has 1 aromatic rings. The molecule has 1 aromatic heterocycles. The first-order chi connectivity index (χ1) is 14.1. The second kappa shape index (κ2) is 11.3. The van der Waals surface area contributed by atoms with E-state index in [0.29, 0.717) is 36.4 Å². The van der Waals surface area contributed by atoms with Crippen LogP contribution in [0.3, 0.4) is 0 Å². The van der Waals surface area contributed by atoms with Gasteiger partial charge in [0.15, 0.2) is 0 Å². The number of urea groups is 1. The summed E-state index contributed by atoms with van der Waals surface area (Å²) in [6, 6.07) is 3.87. The molecule has 3 N–H and O–H groups in total. The molecule has 164 valence electrons. The molecule has 1 aliphatic heterocycles. The Morgan fingerprint density at radius 3 is 2.48 bits per heavy atom. The van der Waals surface area contributed by atoms with Gasteiger partial charge in [0.1, 0.15) is 4.21 Å². The Morgan fingerprint density at radius 1 is 1.00 bits per heavy atom. The van der Waals surface area contributed by atoms with Crippen molar-refractivity contribution in [2.24, 2.45) is 0 Å². The SMILES string of the molecule is O=C(NCCCNC1CCCCC1)NCc1ccc(S(=O)(=O)N2CCCCC2)s1. The van der Waals surface area contributed by atoms with E-state index in [1.54, 1.807) is 16.4 Å². The molecule has 0 bridgehead atoms. The number of carbonyl (C=O) groups is 1. The molecular weight excluding hydrogens is 408 g/mol. The molecule has 0 radical (unpaired) electrons. The lowest BCUT2D eigenvalue weighted by Gasteiger charge is -2.25. The van der Waals surface area contributed by atoms with Crippen LogP contribution in [0.4, 0.5) is 4.79 Å². The Hall–Kier alpha value is -1.16. The van der Waals surface area contributed by atoms with E-state index in [9.17, 15) is 13.2 Å². The molecule has 3 rings (SSSR count). The van der Waals surface area contributed by atoms with Gasteiger partial charge in [-0.3, -0.25) is 0 Å². The molecule has 2 amide bonds. The van der Waals surface area contributed by atoms with Crippen molar-refractivity contribution in [2.75, 3.05) is 26.2 Å². The van der Waals surface area contributed by atoms with Gasteiger partial charge in [0, 0.05) is 30.6 Å². The minimum absolute atomic E-state index is 0.212. The maximum atomic E-state index is 12.7. The third-order valence-electron chi connectivity index (χ3n) is 5.65. The van der Waals surface area contributed by atoms with Gasteiger partial charge in [-0.05, 0) is 50.8 Å². The van der Waals surface area contributed by atoms with E-state index >= 15 is 0 Å². The maximum absolute atomic E-state index is 12.7. The fourth-order valence-electron chi connectivity index (χ4n) is 3.96. The Bertz CT molecular complexity index is 739. The first-order valence-corrected chi connectivity index (χ1v) is 13.2. The van der Waals surface area contributed by atoms with Gasteiger partial charge in [-0.1, -0.05) is 25.7 Å². The van der Waals surface area contributed by atoms with Crippen molar-refractivity contribution in [1.29, 1.82) is 0 Å². The predicted molar refractivity (Wildman–Crippen MR) is 117 cm³/mol. The number of hydrogen-bond donors (Lipinski definition) is 3. The summed E-state index contributed by atoms with van der Waals surface area (Å²) in [5.41, 5.74) is 0. The number of nitrogens with one attached hydrogen (secondary N) is 3. The van der Waals surface area contributed by atoms with Gasteiger partial charge in [0.2, 0.25) is 0 Å². The topological polar surface area (TPSA) is 90.5 Å². The fourth-order valence-corrected chi connectivity index (χ4v) is 6.92. The number of rotatable bonds is 9. The van der Waals surface area contributed by atoms with Crippen LogP contribution < -0.4 is 16.0 Å². The lowest BCUT2D eigenvalue weighted by atomic mass is 9.95. The van der Waals surface area contributed by atoms with Crippen molar-refractivity contribution in [3.05, 3.63) is 17.0 Å². The molecule has 9 heteroatoms. The lowest BCUT2D eigenvalue weighted by molar-refractivity contribution is 0.240. The normalized spacial score (nSPS) is 19.2. The van der Waals surface area contributed by atoms with Crippen LogP contribution in [0.25, 0.3) is 0 Å². The van der Waals surface area contributed by atoms with Gasteiger partial charge in [-0.2, -0.15) is 4.31 Å². The van der Waals surface area contributed by atoms with E-state index in [1.807, 2.05) is 0 Å². The molecule has 29 heavy (non-hydrogen) atoms. The van der Waals surface area contributed by atoms with E-state index in [0.717, 1.165) is 37.1 Å². The van der Waals surface area contributed by atoms with Crippen molar-refractivity contribution in [3.8, 4) is 0 Å². The molecule has 0 unspecified atom stereocenters. The minimum Gasteiger partial charge on any atom is -0.338 e. The highest BCUT2D eigenvalue weighted by atomic mass is 32.2. The van der Waals surface area contributed by atoms with Crippen molar-refractivity contribution in [3.63, 3.8) is 0 Å². The largest absolute Gasteiger partial charge is 0.338 e. The first kappa shape index (κ1) is 22.5. The highest BCUT2D eigenvalue weighted by molar-refractivity contribution is 7.91. The number of carbonyl (C=O) groups excluding carboxylic acids is 1. The zero-order chi connectivity index (χ0) is 20.5. The minimum atomic E-state index is -3.39. The molecule has 1 saturated heterocycles. The molecule has 0 aromatic carbocycles. The zero-order valence-electron chi connectivity index (χ0n) is 17.1. The van der Waals surface area contributed by atoms with Crippen LogP contribution in [-0.2, 0) is 16.6 Å². The van der Waals surface area contributed by atoms with Crippen LogP contribution >= 0.6 is 11.3 Å². The number of amides is 2. The average molecular weight is 443 g/mol. The molecule has 0 atom stereocenters. The molecule has 1 aliphatic carbocycles. The number of piperidine rings is 1. The third-order valence-corrected chi connectivity index (χ3v) is 9.10. The van der Waals surface area contributed by atoms with Gasteiger partial charge in [-0.15, -0.1) is 11.3 Å². The first-order valence-electron chi connectivity index (χ1n) is 10.9. The number of thiophene rings is 1. The summed E-state index contributed by atoms with van der Waals surface area (Å²) in [4.78, 5) is 12.8. The van der Waals surface area contributed by atoms with Crippen LogP contribution in [-0.4, -0.2) is 51.0 Å². The van der Waals surface area contributed by atoms with E-state index < -0.39 is 10.0 Å². The molecule has 2 fully saturated rings. The summed E-state index contributed by atoms with van der Waals surface area (Å²) in [6.07, 6.45) is 10.4. The highest BCUT2D eigenvalue weighted by Gasteiger charge is 2.27. The quantitative estimate of drug-likeness (QED) is 0.513. The Labute approximate surface area is 178 Å². The van der Waals surface area contributed by atoms with Crippen molar-refractivity contribution >= 4 is 27.4 Å². The van der Waals surface area contributed by atoms with E-state index in [-0.39, 0.29) is 6.03 Å². The third kappa shape index (κ3) is 6.94. The van der Waals surface area contributed by atoms with Crippen LogP contribution in [0, 0.1) is 0 Å². The van der Waals surface area contributed by atoms with E-state index in [4.69, 9.17) is 0 Å². The van der Waals surface area contributed by atoms with Gasteiger partial charge >= 0.3 is 6.03 Å². The van der Waals surface area contributed by atoms with Crippen LogP contribution in [0.2, 0.25) is 0 Å². The van der Waals surface area contributed by atoms with E-state index in [1.165, 1.54) is 43.4 Å². The zero-order valence-corrected chi connectivity index (χ0v) is 18.8. The average Bonchev–Trinajstić information content (AvgIpc) is 3.23. The molecule has 2 aliphatic rings. The second-order valence-corrected chi connectivity index (χ2v) is 11.3. The van der Waals surface area contributed by atoms with Crippen molar-refractivity contribution < 1.29 is 13.2 Å². The molecule has 2 heterocycles. The smallest absolute Gasteiger partial charge is 0.315 e. The monoisotopic (exact) mass is 442 g/mol. The standard InChI is InChI=1S/C20H34N4O3S2/c25-20(22-13-7-12-21-17-8-3-1-4-9-17)23-16-18-10-11-19(28-18)29(26,27)24-14-5-2-6-15-24/h10-11,17,21H,1-9,12-16H2,(H2,22,23,25). The van der Waals surface area contributed by atoms with Crippen LogP contribution in [0.15, 0.2) is 16.3 Å². The van der Waals surface area contributed by atoms with Gasteiger partial charge in [0.25, 0.3) is 10.0 Å². The highest BCUT2D eigenvalue weighted by Crippen LogP contribution is 2.27. The summed E-state index contributed by atoms with van der Waals surface area (Å²) in [5, 5.41) is 9.25. The number of nitrogens with zero attached hydrogens (tertiary/aromatic N) is 1. The second-order valence-electron chi connectivity index (χ2n) is 7.94. The van der Waals surface area contributed by atoms with Gasteiger partial charge < -0.3 is 16.0 Å². The Morgan fingerprint density at radius 2 is 1.72 bits per heavy atom. The lowest BCUT2D eigenvalue weighted by Crippen LogP contribution is -2.37. The predicted octanol–water partition coefficient (Wildman–Crippen LogP) is 3.03. The summed E-state index contributed by atoms with van der Waals surface area (Å²) in [7, 11) is -3.39. The fraction of sp³-hybridized carbons (Fsp3) is 0.750. The summed E-state index contributed by atoms with van der Waals surface area (Å²) >= 11 is 1.24. The van der Waals surface area contributed by atoms with Gasteiger partial charge in [0.05, 0.1) is 6.54 Å². The van der Waals surface area contributed by atoms with E-state index in [2.05, 4.69) is 16.0 Å². The Balaban J connectivity index is 1.33. The van der Waals surface area contributed by atoms with Crippen molar-refractivity contribution in [2.45, 2.75) is 74.6 Å². The van der Waals surface area contributed by atoms with Crippen molar-refractivity contribution in [1.82, 2.24) is 20.3 Å². The summed E-state index contributed by atoms with van der Waals surface area (Å²) in [6.45, 7) is 3.10. The molecule has 0 spiro atoms. The summed E-state index contributed by atoms with van der Waals surface area (Å²) < 4.78 is 27.3. The molecular formula is C20H34N4O3S2. The van der Waals surface area contributed by atoms with Crippen LogP contribution in [0.1, 0.15) is 62.7 Å². The number of sulfonamides is 1. The molecule has 7 nitrogen and oxygen atoms in total. The van der Waals surface area contributed by atoms with Crippen LogP contribution in [0.5, 0.6) is 0 Å². The summed E-state index contributed by atoms with van der Waals surface area (Å²) in [5.74, 6) is 0. The Kier molecular flexibility index (Phi) is 8.77.